The van der Waals surface area contributed by atoms with E-state index in [9.17, 15) is 14.4 Å². The van der Waals surface area contributed by atoms with E-state index in [4.69, 9.17) is 0 Å². The highest BCUT2D eigenvalue weighted by Gasteiger charge is 2.59. The van der Waals surface area contributed by atoms with E-state index < -0.39 is 0 Å². The molecule has 1 aromatic carbocycles. The number of amides is 3. The second kappa shape index (κ2) is 5.83. The van der Waals surface area contributed by atoms with E-state index in [1.54, 1.807) is 29.2 Å². The molecule has 1 saturated heterocycles. The highest BCUT2D eigenvalue weighted by molar-refractivity contribution is 6.22. The van der Waals surface area contributed by atoms with Crippen molar-refractivity contribution < 1.29 is 14.4 Å². The third-order valence-corrected chi connectivity index (χ3v) is 5.89. The maximum atomic E-state index is 12.8. The monoisotopic (exact) mass is 338 g/mol. The van der Waals surface area contributed by atoms with Gasteiger partial charge in [0.1, 0.15) is 0 Å². The van der Waals surface area contributed by atoms with Gasteiger partial charge in [-0.05, 0) is 56.4 Å². The van der Waals surface area contributed by atoms with Crippen molar-refractivity contribution >= 4 is 23.4 Å². The van der Waals surface area contributed by atoms with Gasteiger partial charge in [0.2, 0.25) is 11.8 Å². The van der Waals surface area contributed by atoms with Crippen molar-refractivity contribution in [3.05, 3.63) is 42.0 Å². The van der Waals surface area contributed by atoms with Crippen molar-refractivity contribution in [3.63, 3.8) is 0 Å². The van der Waals surface area contributed by atoms with Crippen LogP contribution in [0.25, 0.3) is 0 Å². The number of hydrogen-bond donors (Lipinski definition) is 0. The summed E-state index contributed by atoms with van der Waals surface area (Å²) in [6, 6.07) is 6.83. The average molecular weight is 338 g/mol. The van der Waals surface area contributed by atoms with Gasteiger partial charge in [-0.3, -0.25) is 19.3 Å². The lowest BCUT2D eigenvalue weighted by Crippen LogP contribution is -2.33. The second-order valence-electron chi connectivity index (χ2n) is 7.04. The maximum absolute atomic E-state index is 12.8. The summed E-state index contributed by atoms with van der Waals surface area (Å²) in [5, 5.41) is 0. The molecule has 2 fully saturated rings. The first-order valence-electron chi connectivity index (χ1n) is 9.02. The third-order valence-electron chi connectivity index (χ3n) is 5.89. The maximum Gasteiger partial charge on any atom is 0.253 e. The van der Waals surface area contributed by atoms with Crippen LogP contribution in [0.5, 0.6) is 0 Å². The number of imide groups is 1. The van der Waals surface area contributed by atoms with Crippen molar-refractivity contribution in [3.8, 4) is 0 Å². The van der Waals surface area contributed by atoms with Crippen LogP contribution in [0, 0.1) is 23.7 Å². The number of carbonyl (C=O) groups is 3. The van der Waals surface area contributed by atoms with E-state index >= 15 is 0 Å². The Balaban J connectivity index is 1.58. The number of hydrogen-bond acceptors (Lipinski definition) is 3. The lowest BCUT2D eigenvalue weighted by Gasteiger charge is -2.20. The van der Waals surface area contributed by atoms with Gasteiger partial charge in [0, 0.05) is 18.7 Å². The third kappa shape index (κ3) is 2.25. The summed E-state index contributed by atoms with van der Waals surface area (Å²) in [5.41, 5.74) is 1.15. The topological polar surface area (TPSA) is 57.7 Å². The minimum Gasteiger partial charge on any atom is -0.339 e. The summed E-state index contributed by atoms with van der Waals surface area (Å²) >= 11 is 0. The first-order valence-corrected chi connectivity index (χ1v) is 9.02. The van der Waals surface area contributed by atoms with Crippen molar-refractivity contribution in [2.24, 2.45) is 23.7 Å². The van der Waals surface area contributed by atoms with E-state index in [-0.39, 0.29) is 41.4 Å². The van der Waals surface area contributed by atoms with E-state index in [0.29, 0.717) is 24.3 Å². The standard InChI is InChI=1S/C20H22N2O3/c1-3-21(4-2)18(23)12-7-9-15(10-8-12)22-19(24)16-13-5-6-14(11-13)17(16)20(22)25/h5-10,13-14,16-17H,3-4,11H2,1-2H3/t13-,14-,16-,17+/m0/s1. The van der Waals surface area contributed by atoms with Gasteiger partial charge in [-0.25, -0.2) is 0 Å². The van der Waals surface area contributed by atoms with Gasteiger partial charge in [-0.2, -0.15) is 0 Å². The Labute approximate surface area is 147 Å². The van der Waals surface area contributed by atoms with Crippen LogP contribution in [-0.2, 0) is 9.59 Å². The molecule has 1 aromatic rings. The lowest BCUT2D eigenvalue weighted by molar-refractivity contribution is -0.123. The Morgan fingerprint density at radius 3 is 2.00 bits per heavy atom. The number of nitrogens with zero attached hydrogens (tertiary/aromatic N) is 2. The van der Waals surface area contributed by atoms with Crippen molar-refractivity contribution in [2.75, 3.05) is 18.0 Å². The first-order chi connectivity index (χ1) is 12.1. The summed E-state index contributed by atoms with van der Waals surface area (Å²) in [6.45, 7) is 5.19. The minimum atomic E-state index is -0.195. The molecule has 4 atom stereocenters. The molecule has 25 heavy (non-hydrogen) atoms. The fourth-order valence-corrected chi connectivity index (χ4v) is 4.60. The Kier molecular flexibility index (Phi) is 3.74. The molecule has 0 spiro atoms. The molecule has 4 rings (SSSR count). The minimum absolute atomic E-state index is 0.0326. The molecule has 0 aromatic heterocycles. The SMILES string of the molecule is CCN(CC)C(=O)c1ccc(N2C(=O)[C@@H]3[C@H](C2=O)[C@H]2C=C[C@H]3C2)cc1. The van der Waals surface area contributed by atoms with Gasteiger partial charge in [-0.15, -0.1) is 0 Å². The van der Waals surface area contributed by atoms with Crippen molar-refractivity contribution in [2.45, 2.75) is 20.3 Å². The summed E-state index contributed by atoms with van der Waals surface area (Å²) in [6.07, 6.45) is 5.11. The predicted octanol–water partition coefficient (Wildman–Crippen LogP) is 2.48. The summed E-state index contributed by atoms with van der Waals surface area (Å²) in [7, 11) is 0. The molecule has 2 bridgehead atoms. The molecule has 3 amide bonds. The van der Waals surface area contributed by atoms with Crippen LogP contribution >= 0.6 is 0 Å². The quantitative estimate of drug-likeness (QED) is 0.626. The fourth-order valence-electron chi connectivity index (χ4n) is 4.60. The molecule has 2 aliphatic carbocycles. The highest BCUT2D eigenvalue weighted by atomic mass is 16.2. The smallest absolute Gasteiger partial charge is 0.253 e. The predicted molar refractivity (Wildman–Crippen MR) is 93.9 cm³/mol. The second-order valence-corrected chi connectivity index (χ2v) is 7.04. The fraction of sp³-hybridized carbons (Fsp3) is 0.450. The van der Waals surface area contributed by atoms with Crippen molar-refractivity contribution in [1.29, 1.82) is 0 Å². The molecular formula is C20H22N2O3. The molecule has 0 unspecified atom stereocenters. The largest absolute Gasteiger partial charge is 0.339 e. The molecule has 5 heteroatoms. The Morgan fingerprint density at radius 1 is 1.00 bits per heavy atom. The number of fused-ring (bicyclic) bond motifs is 5. The van der Waals surface area contributed by atoms with Crippen LogP contribution in [-0.4, -0.2) is 35.7 Å². The zero-order chi connectivity index (χ0) is 17.7. The molecule has 130 valence electrons. The molecule has 1 aliphatic heterocycles. The molecule has 3 aliphatic rings. The highest BCUT2D eigenvalue weighted by Crippen LogP contribution is 2.53. The molecule has 5 nitrogen and oxygen atoms in total. The van der Waals surface area contributed by atoms with Crippen molar-refractivity contribution in [1.82, 2.24) is 4.90 Å². The van der Waals surface area contributed by atoms with Crippen LogP contribution in [0.2, 0.25) is 0 Å². The van der Waals surface area contributed by atoms with Crippen LogP contribution in [0.3, 0.4) is 0 Å². The number of benzene rings is 1. The average Bonchev–Trinajstić information content (AvgIpc) is 3.30. The van der Waals surface area contributed by atoms with E-state index in [1.807, 2.05) is 13.8 Å². The van der Waals surface area contributed by atoms with E-state index in [0.717, 1.165) is 6.42 Å². The number of carbonyl (C=O) groups excluding carboxylic acids is 3. The van der Waals surface area contributed by atoms with Gasteiger partial charge < -0.3 is 4.90 Å². The zero-order valence-electron chi connectivity index (χ0n) is 14.5. The number of anilines is 1. The lowest BCUT2D eigenvalue weighted by atomic mass is 9.85. The molecule has 1 heterocycles. The zero-order valence-corrected chi connectivity index (χ0v) is 14.5. The van der Waals surface area contributed by atoms with E-state index in [2.05, 4.69) is 12.2 Å². The van der Waals surface area contributed by atoms with Gasteiger partial charge in [0.25, 0.3) is 5.91 Å². The summed E-state index contributed by atoms with van der Waals surface area (Å²) in [5.74, 6) is -0.182. The Morgan fingerprint density at radius 2 is 1.52 bits per heavy atom. The Bertz CT molecular complexity index is 734. The van der Waals surface area contributed by atoms with Gasteiger partial charge >= 0.3 is 0 Å². The molecule has 0 radical (unpaired) electrons. The normalized spacial score (nSPS) is 29.4. The molecule has 0 N–H and O–H groups in total. The van der Waals surface area contributed by atoms with Crippen LogP contribution < -0.4 is 4.90 Å². The number of rotatable bonds is 4. The summed E-state index contributed by atoms with van der Waals surface area (Å²) in [4.78, 5) is 41.1. The van der Waals surface area contributed by atoms with Crippen LogP contribution in [0.15, 0.2) is 36.4 Å². The van der Waals surface area contributed by atoms with Gasteiger partial charge in [-0.1, -0.05) is 12.2 Å². The summed E-state index contributed by atoms with van der Waals surface area (Å²) < 4.78 is 0. The van der Waals surface area contributed by atoms with E-state index in [1.165, 1.54) is 4.90 Å². The van der Waals surface area contributed by atoms with Gasteiger partial charge in [0.05, 0.1) is 17.5 Å². The number of allylic oxidation sites excluding steroid dienone is 2. The van der Waals surface area contributed by atoms with Crippen LogP contribution in [0.1, 0.15) is 30.6 Å². The Hall–Kier alpha value is -2.43. The van der Waals surface area contributed by atoms with Crippen LogP contribution in [0.4, 0.5) is 5.69 Å². The van der Waals surface area contributed by atoms with Gasteiger partial charge in [0.15, 0.2) is 0 Å². The molecule has 1 saturated carbocycles. The molecular weight excluding hydrogens is 316 g/mol. The first kappa shape index (κ1) is 16.1.